The Hall–Kier alpha value is -1.78. The molecule has 0 aliphatic carbocycles. The monoisotopic (exact) mass is 254 g/mol. The van der Waals surface area contributed by atoms with E-state index >= 15 is 0 Å². The van der Waals surface area contributed by atoms with E-state index in [4.69, 9.17) is 16.2 Å². The van der Waals surface area contributed by atoms with E-state index in [0.29, 0.717) is 12.0 Å². The van der Waals surface area contributed by atoms with E-state index < -0.39 is 11.4 Å². The first-order chi connectivity index (χ1) is 8.19. The molecule has 0 bridgehead atoms. The molecule has 1 aromatic carbocycles. The summed E-state index contributed by atoms with van der Waals surface area (Å²) in [5.74, 6) is -0.882. The van der Waals surface area contributed by atoms with E-state index in [1.165, 1.54) is 6.07 Å². The largest absolute Gasteiger partial charge is 0.460 e. The van der Waals surface area contributed by atoms with Crippen LogP contribution in [0.3, 0.4) is 0 Å². The highest BCUT2D eigenvalue weighted by Gasteiger charge is 2.16. The molecule has 0 atom stereocenters. The molecule has 0 saturated carbocycles. The third-order valence-corrected chi connectivity index (χ3v) is 2.26. The second-order valence-electron chi connectivity index (χ2n) is 5.17. The molecule has 0 spiro atoms. The molecule has 0 saturated heterocycles. The van der Waals surface area contributed by atoms with Gasteiger partial charge in [-0.05, 0) is 44.9 Å². The minimum atomic E-state index is -0.561. The molecule has 1 rings (SSSR count). The van der Waals surface area contributed by atoms with Gasteiger partial charge in [0.05, 0.1) is 11.4 Å². The quantitative estimate of drug-likeness (QED) is 0.640. The van der Waals surface area contributed by atoms with Crippen LogP contribution in [0.5, 0.6) is 0 Å². The Morgan fingerprint density at radius 1 is 1.33 bits per heavy atom. The van der Waals surface area contributed by atoms with E-state index in [-0.39, 0.29) is 23.8 Å². The highest BCUT2D eigenvalue weighted by molar-refractivity contribution is 5.71. The number of benzene rings is 1. The fourth-order valence-corrected chi connectivity index (χ4v) is 1.48. The Morgan fingerprint density at radius 2 is 1.94 bits per heavy atom. The molecule has 5 heteroatoms. The molecule has 0 aliphatic heterocycles. The van der Waals surface area contributed by atoms with Crippen molar-refractivity contribution in [3.05, 3.63) is 23.5 Å². The van der Waals surface area contributed by atoms with Crippen LogP contribution >= 0.6 is 0 Å². The average molecular weight is 254 g/mol. The molecular formula is C13H19FN2O2. The second kappa shape index (κ2) is 5.25. The maximum absolute atomic E-state index is 13.3. The maximum atomic E-state index is 13.3. The Balaban J connectivity index is 2.62. The summed E-state index contributed by atoms with van der Waals surface area (Å²) in [6.45, 7) is 5.39. The van der Waals surface area contributed by atoms with Gasteiger partial charge in [0.25, 0.3) is 0 Å². The van der Waals surface area contributed by atoms with Crippen molar-refractivity contribution in [2.24, 2.45) is 0 Å². The van der Waals surface area contributed by atoms with Crippen LogP contribution in [0.4, 0.5) is 15.8 Å². The summed E-state index contributed by atoms with van der Waals surface area (Å²) in [7, 11) is 0. The normalized spacial score (nSPS) is 11.3. The highest BCUT2D eigenvalue weighted by atomic mass is 19.1. The zero-order chi connectivity index (χ0) is 13.9. The van der Waals surface area contributed by atoms with Gasteiger partial charge < -0.3 is 16.2 Å². The second-order valence-corrected chi connectivity index (χ2v) is 5.17. The van der Waals surface area contributed by atoms with Crippen molar-refractivity contribution < 1.29 is 13.9 Å². The highest BCUT2D eigenvalue weighted by Crippen LogP contribution is 2.22. The molecular weight excluding hydrogens is 235 g/mol. The number of carbonyl (C=O) groups excluding carboxylic acids is 1. The SMILES string of the molecule is CC(C)(C)OC(=O)CCc1cc(N)c(N)c(F)c1. The molecule has 0 unspecified atom stereocenters. The number of anilines is 2. The van der Waals surface area contributed by atoms with Crippen molar-refractivity contribution in [2.75, 3.05) is 11.5 Å². The number of hydrogen-bond acceptors (Lipinski definition) is 4. The van der Waals surface area contributed by atoms with Crippen molar-refractivity contribution in [2.45, 2.75) is 39.2 Å². The van der Waals surface area contributed by atoms with Gasteiger partial charge in [0.1, 0.15) is 11.4 Å². The minimum Gasteiger partial charge on any atom is -0.460 e. The molecule has 0 radical (unpaired) electrons. The van der Waals surface area contributed by atoms with E-state index in [2.05, 4.69) is 0 Å². The topological polar surface area (TPSA) is 78.3 Å². The summed E-state index contributed by atoms with van der Waals surface area (Å²) in [5.41, 5.74) is 11.2. The summed E-state index contributed by atoms with van der Waals surface area (Å²) in [5, 5.41) is 0. The lowest BCUT2D eigenvalue weighted by molar-refractivity contribution is -0.154. The van der Waals surface area contributed by atoms with Crippen LogP contribution in [-0.2, 0) is 16.0 Å². The first-order valence-electron chi connectivity index (χ1n) is 5.74. The third-order valence-electron chi connectivity index (χ3n) is 2.26. The summed E-state index contributed by atoms with van der Waals surface area (Å²) < 4.78 is 18.5. The Bertz CT molecular complexity index is 430. The van der Waals surface area contributed by atoms with Crippen molar-refractivity contribution in [3.8, 4) is 0 Å². The zero-order valence-electron chi connectivity index (χ0n) is 10.9. The number of ether oxygens (including phenoxy) is 1. The molecule has 0 heterocycles. The van der Waals surface area contributed by atoms with Crippen LogP contribution in [-0.4, -0.2) is 11.6 Å². The number of rotatable bonds is 3. The number of carbonyl (C=O) groups is 1. The minimum absolute atomic E-state index is 0.0592. The molecule has 0 aromatic heterocycles. The number of halogens is 1. The van der Waals surface area contributed by atoms with E-state index in [9.17, 15) is 9.18 Å². The number of hydrogen-bond donors (Lipinski definition) is 2. The standard InChI is InChI=1S/C13H19FN2O2/c1-13(2,3)18-11(17)5-4-8-6-9(14)12(16)10(15)7-8/h6-7H,4-5,15-16H2,1-3H3. The van der Waals surface area contributed by atoms with Gasteiger partial charge in [0, 0.05) is 6.42 Å². The van der Waals surface area contributed by atoms with Gasteiger partial charge in [-0.3, -0.25) is 4.79 Å². The van der Waals surface area contributed by atoms with E-state index in [0.717, 1.165) is 0 Å². The van der Waals surface area contributed by atoms with Crippen LogP contribution in [0.25, 0.3) is 0 Å². The lowest BCUT2D eigenvalue weighted by atomic mass is 10.1. The van der Waals surface area contributed by atoms with Gasteiger partial charge >= 0.3 is 5.97 Å². The van der Waals surface area contributed by atoms with Gasteiger partial charge in [-0.15, -0.1) is 0 Å². The molecule has 0 fully saturated rings. The Morgan fingerprint density at radius 3 is 2.44 bits per heavy atom. The molecule has 0 amide bonds. The third kappa shape index (κ3) is 4.24. The molecule has 4 nitrogen and oxygen atoms in total. The van der Waals surface area contributed by atoms with E-state index in [1.807, 2.05) is 0 Å². The molecule has 100 valence electrons. The van der Waals surface area contributed by atoms with Crippen LogP contribution in [0.15, 0.2) is 12.1 Å². The number of nitrogens with two attached hydrogens (primary N) is 2. The Kier molecular flexibility index (Phi) is 4.16. The first kappa shape index (κ1) is 14.3. The smallest absolute Gasteiger partial charge is 0.306 e. The zero-order valence-corrected chi connectivity index (χ0v) is 10.9. The maximum Gasteiger partial charge on any atom is 0.306 e. The van der Waals surface area contributed by atoms with Crippen LogP contribution < -0.4 is 11.5 Å². The lowest BCUT2D eigenvalue weighted by Gasteiger charge is -2.19. The van der Waals surface area contributed by atoms with Crippen molar-refractivity contribution >= 4 is 17.3 Å². The molecule has 0 aliphatic rings. The van der Waals surface area contributed by atoms with Crippen molar-refractivity contribution in [1.29, 1.82) is 0 Å². The van der Waals surface area contributed by atoms with Crippen molar-refractivity contribution in [1.82, 2.24) is 0 Å². The molecule has 1 aromatic rings. The predicted molar refractivity (Wildman–Crippen MR) is 69.4 cm³/mol. The molecule has 18 heavy (non-hydrogen) atoms. The molecule has 4 N–H and O–H groups in total. The number of nitrogen functional groups attached to an aromatic ring is 2. The van der Waals surface area contributed by atoms with E-state index in [1.54, 1.807) is 26.8 Å². The lowest BCUT2D eigenvalue weighted by Crippen LogP contribution is -2.24. The fraction of sp³-hybridized carbons (Fsp3) is 0.462. The van der Waals surface area contributed by atoms with Gasteiger partial charge in [-0.1, -0.05) is 0 Å². The van der Waals surface area contributed by atoms with Crippen molar-refractivity contribution in [3.63, 3.8) is 0 Å². The van der Waals surface area contributed by atoms with Gasteiger partial charge in [-0.2, -0.15) is 0 Å². The average Bonchev–Trinajstić information content (AvgIpc) is 2.20. The van der Waals surface area contributed by atoms with Crippen LogP contribution in [0.1, 0.15) is 32.8 Å². The summed E-state index contributed by atoms with van der Waals surface area (Å²) in [4.78, 5) is 11.5. The summed E-state index contributed by atoms with van der Waals surface area (Å²) >= 11 is 0. The fourth-order valence-electron chi connectivity index (χ4n) is 1.48. The Labute approximate surface area is 106 Å². The van der Waals surface area contributed by atoms with Gasteiger partial charge in [0.15, 0.2) is 0 Å². The predicted octanol–water partition coefficient (Wildman–Crippen LogP) is 2.26. The number of esters is 1. The first-order valence-corrected chi connectivity index (χ1v) is 5.74. The van der Waals surface area contributed by atoms with Gasteiger partial charge in [-0.25, -0.2) is 4.39 Å². The number of aryl methyl sites for hydroxylation is 1. The van der Waals surface area contributed by atoms with Crippen LogP contribution in [0.2, 0.25) is 0 Å². The summed E-state index contributed by atoms with van der Waals surface area (Å²) in [6.07, 6.45) is 0.552. The summed E-state index contributed by atoms with van der Waals surface area (Å²) in [6, 6.07) is 2.86. The van der Waals surface area contributed by atoms with Crippen LogP contribution in [0, 0.1) is 5.82 Å². The van der Waals surface area contributed by atoms with Gasteiger partial charge in [0.2, 0.25) is 0 Å².